The zero-order chi connectivity index (χ0) is 14.6. The van der Waals surface area contributed by atoms with E-state index in [1.807, 2.05) is 0 Å². The Balaban J connectivity index is 2.72. The van der Waals surface area contributed by atoms with E-state index >= 15 is 0 Å². The maximum Gasteiger partial charge on any atom is 0.416 e. The van der Waals surface area contributed by atoms with Crippen LogP contribution in [0.4, 0.5) is 13.2 Å². The van der Waals surface area contributed by atoms with Gasteiger partial charge in [-0.3, -0.25) is 4.79 Å². The molecule has 0 bridgehead atoms. The molecule has 1 amide bonds. The van der Waals surface area contributed by atoms with Crippen molar-refractivity contribution in [3.05, 3.63) is 35.4 Å². The first-order valence-electron chi connectivity index (χ1n) is 6.14. The van der Waals surface area contributed by atoms with Crippen LogP contribution in [-0.2, 0) is 6.18 Å². The van der Waals surface area contributed by atoms with Crippen LogP contribution >= 0.6 is 0 Å². The fraction of sp³-hybridized carbons (Fsp3) is 0.500. The van der Waals surface area contributed by atoms with Crippen molar-refractivity contribution in [1.82, 2.24) is 4.90 Å². The standard InChI is InChI=1S/C14H18F3NO/c1-10(2)8-9-18(3)13(19)11-4-6-12(7-5-11)14(15,16)17/h4-7,10H,8-9H2,1-3H3. The third-order valence-corrected chi connectivity index (χ3v) is 2.85. The molecule has 1 rings (SSSR count). The Labute approximate surface area is 111 Å². The van der Waals surface area contributed by atoms with Gasteiger partial charge in [-0.2, -0.15) is 13.2 Å². The summed E-state index contributed by atoms with van der Waals surface area (Å²) in [7, 11) is 1.66. The van der Waals surface area contributed by atoms with E-state index in [-0.39, 0.29) is 11.5 Å². The van der Waals surface area contributed by atoms with Crippen LogP contribution in [0.2, 0.25) is 0 Å². The lowest BCUT2D eigenvalue weighted by Gasteiger charge is -2.18. The number of hydrogen-bond donors (Lipinski definition) is 0. The van der Waals surface area contributed by atoms with E-state index < -0.39 is 11.7 Å². The second-order valence-electron chi connectivity index (χ2n) is 4.98. The Hall–Kier alpha value is -1.52. The first-order valence-corrected chi connectivity index (χ1v) is 6.14. The van der Waals surface area contributed by atoms with Crippen LogP contribution in [0.5, 0.6) is 0 Å². The van der Waals surface area contributed by atoms with Crippen LogP contribution in [0.15, 0.2) is 24.3 Å². The predicted octanol–water partition coefficient (Wildman–Crippen LogP) is 3.82. The van der Waals surface area contributed by atoms with Crippen molar-refractivity contribution >= 4 is 5.91 Å². The quantitative estimate of drug-likeness (QED) is 0.816. The highest BCUT2D eigenvalue weighted by Crippen LogP contribution is 2.29. The minimum absolute atomic E-state index is 0.255. The predicted molar refractivity (Wildman–Crippen MR) is 67.9 cm³/mol. The number of rotatable bonds is 4. The summed E-state index contributed by atoms with van der Waals surface area (Å²) >= 11 is 0. The van der Waals surface area contributed by atoms with Crippen LogP contribution in [0.3, 0.4) is 0 Å². The molecule has 0 saturated carbocycles. The highest BCUT2D eigenvalue weighted by atomic mass is 19.4. The molecule has 0 radical (unpaired) electrons. The highest BCUT2D eigenvalue weighted by Gasteiger charge is 2.30. The molecular weight excluding hydrogens is 255 g/mol. The molecule has 1 aromatic rings. The monoisotopic (exact) mass is 273 g/mol. The van der Waals surface area contributed by atoms with Gasteiger partial charge in [0.1, 0.15) is 0 Å². The molecule has 0 aromatic heterocycles. The van der Waals surface area contributed by atoms with Gasteiger partial charge < -0.3 is 4.90 Å². The van der Waals surface area contributed by atoms with E-state index in [0.29, 0.717) is 12.5 Å². The van der Waals surface area contributed by atoms with Crippen LogP contribution in [0.25, 0.3) is 0 Å². The van der Waals surface area contributed by atoms with Crippen LogP contribution in [-0.4, -0.2) is 24.4 Å². The van der Waals surface area contributed by atoms with Gasteiger partial charge in [-0.15, -0.1) is 0 Å². The summed E-state index contributed by atoms with van der Waals surface area (Å²) < 4.78 is 37.2. The molecule has 0 aliphatic rings. The Kier molecular flexibility index (Phi) is 4.97. The molecule has 2 nitrogen and oxygen atoms in total. The number of alkyl halides is 3. The van der Waals surface area contributed by atoms with Gasteiger partial charge in [0, 0.05) is 19.2 Å². The molecule has 0 unspecified atom stereocenters. The molecule has 0 heterocycles. The van der Waals surface area contributed by atoms with Crippen molar-refractivity contribution in [2.45, 2.75) is 26.4 Å². The van der Waals surface area contributed by atoms with Crippen molar-refractivity contribution in [3.8, 4) is 0 Å². The minimum atomic E-state index is -4.37. The Morgan fingerprint density at radius 3 is 2.16 bits per heavy atom. The third-order valence-electron chi connectivity index (χ3n) is 2.85. The summed E-state index contributed by atoms with van der Waals surface area (Å²) in [6, 6.07) is 4.31. The Morgan fingerprint density at radius 1 is 1.21 bits per heavy atom. The van der Waals surface area contributed by atoms with Gasteiger partial charge in [0.25, 0.3) is 5.91 Å². The smallest absolute Gasteiger partial charge is 0.342 e. The number of carbonyl (C=O) groups excluding carboxylic acids is 1. The van der Waals surface area contributed by atoms with Gasteiger partial charge >= 0.3 is 6.18 Å². The van der Waals surface area contributed by atoms with Gasteiger partial charge in [-0.25, -0.2) is 0 Å². The molecule has 0 spiro atoms. The number of amides is 1. The lowest BCUT2D eigenvalue weighted by Crippen LogP contribution is -2.28. The molecule has 0 fully saturated rings. The second kappa shape index (κ2) is 6.08. The first kappa shape index (κ1) is 15.5. The zero-order valence-corrected chi connectivity index (χ0v) is 11.3. The summed E-state index contributed by atoms with van der Waals surface area (Å²) in [5.41, 5.74) is -0.465. The van der Waals surface area contributed by atoms with E-state index in [2.05, 4.69) is 13.8 Å². The van der Waals surface area contributed by atoms with Crippen LogP contribution < -0.4 is 0 Å². The summed E-state index contributed by atoms with van der Waals surface area (Å²) in [6.07, 6.45) is -3.51. The highest BCUT2D eigenvalue weighted by molar-refractivity contribution is 5.94. The minimum Gasteiger partial charge on any atom is -0.342 e. The molecule has 0 aliphatic carbocycles. The third kappa shape index (κ3) is 4.58. The van der Waals surface area contributed by atoms with Crippen molar-refractivity contribution < 1.29 is 18.0 Å². The fourth-order valence-corrected chi connectivity index (χ4v) is 1.58. The maximum absolute atomic E-state index is 12.4. The fourth-order valence-electron chi connectivity index (χ4n) is 1.58. The average molecular weight is 273 g/mol. The summed E-state index contributed by atoms with van der Waals surface area (Å²) in [4.78, 5) is 13.5. The number of halogens is 3. The molecule has 0 N–H and O–H groups in total. The molecule has 0 atom stereocenters. The van der Waals surface area contributed by atoms with Crippen LogP contribution in [0.1, 0.15) is 36.2 Å². The van der Waals surface area contributed by atoms with E-state index in [1.54, 1.807) is 7.05 Å². The van der Waals surface area contributed by atoms with Gasteiger partial charge in [0.15, 0.2) is 0 Å². The molecule has 0 saturated heterocycles. The van der Waals surface area contributed by atoms with E-state index in [4.69, 9.17) is 0 Å². The zero-order valence-electron chi connectivity index (χ0n) is 11.3. The topological polar surface area (TPSA) is 20.3 Å². The molecular formula is C14H18F3NO. The van der Waals surface area contributed by atoms with E-state index in [0.717, 1.165) is 18.6 Å². The average Bonchev–Trinajstić information content (AvgIpc) is 2.34. The van der Waals surface area contributed by atoms with Gasteiger partial charge in [-0.05, 0) is 36.6 Å². The Morgan fingerprint density at radius 2 is 1.74 bits per heavy atom. The molecule has 0 aliphatic heterocycles. The normalized spacial score (nSPS) is 11.7. The van der Waals surface area contributed by atoms with Crippen molar-refractivity contribution in [3.63, 3.8) is 0 Å². The first-order chi connectivity index (χ1) is 8.71. The van der Waals surface area contributed by atoms with E-state index in [1.165, 1.54) is 17.0 Å². The second-order valence-corrected chi connectivity index (χ2v) is 4.98. The summed E-state index contributed by atoms with van der Waals surface area (Å²) in [5.74, 6) is 0.220. The number of nitrogens with zero attached hydrogens (tertiary/aromatic N) is 1. The summed E-state index contributed by atoms with van der Waals surface area (Å²) in [5, 5.41) is 0. The lowest BCUT2D eigenvalue weighted by atomic mass is 10.1. The SMILES string of the molecule is CC(C)CCN(C)C(=O)c1ccc(C(F)(F)F)cc1. The number of hydrogen-bond acceptors (Lipinski definition) is 1. The lowest BCUT2D eigenvalue weighted by molar-refractivity contribution is -0.137. The Bertz CT molecular complexity index is 423. The number of benzene rings is 1. The molecule has 19 heavy (non-hydrogen) atoms. The molecule has 106 valence electrons. The van der Waals surface area contributed by atoms with Gasteiger partial charge in [-0.1, -0.05) is 13.8 Å². The molecule has 1 aromatic carbocycles. The van der Waals surface area contributed by atoms with Crippen molar-refractivity contribution in [2.24, 2.45) is 5.92 Å². The van der Waals surface area contributed by atoms with Crippen LogP contribution in [0, 0.1) is 5.92 Å². The molecule has 5 heteroatoms. The van der Waals surface area contributed by atoms with Crippen molar-refractivity contribution in [2.75, 3.05) is 13.6 Å². The number of carbonyl (C=O) groups is 1. The van der Waals surface area contributed by atoms with Crippen molar-refractivity contribution in [1.29, 1.82) is 0 Å². The van der Waals surface area contributed by atoms with E-state index in [9.17, 15) is 18.0 Å². The van der Waals surface area contributed by atoms with Gasteiger partial charge in [0.05, 0.1) is 5.56 Å². The maximum atomic E-state index is 12.4. The summed E-state index contributed by atoms with van der Waals surface area (Å²) in [6.45, 7) is 4.70. The largest absolute Gasteiger partial charge is 0.416 e. The van der Waals surface area contributed by atoms with Gasteiger partial charge in [0.2, 0.25) is 0 Å².